The van der Waals surface area contributed by atoms with Crippen molar-refractivity contribution in [3.05, 3.63) is 47.4 Å². The van der Waals surface area contributed by atoms with Crippen LogP contribution in [-0.2, 0) is 20.7 Å². The molecule has 1 amide bonds. The Morgan fingerprint density at radius 3 is 2.32 bits per heavy atom. The predicted octanol–water partition coefficient (Wildman–Crippen LogP) is 3.32. The number of hydrogen-bond acceptors (Lipinski definition) is 7. The van der Waals surface area contributed by atoms with Crippen LogP contribution in [0.2, 0.25) is 19.1 Å². The minimum absolute atomic E-state index is 0.00337. The molecule has 0 radical (unpaired) electrons. The molecule has 0 aromatic heterocycles. The molecule has 2 aromatic carbocycles. The summed E-state index contributed by atoms with van der Waals surface area (Å²) < 4.78 is 27.4. The van der Waals surface area contributed by atoms with Gasteiger partial charge in [-0.2, -0.15) is 0 Å². The third-order valence-electron chi connectivity index (χ3n) is 6.31. The number of methoxy groups -OCH3 is 3. The van der Waals surface area contributed by atoms with Crippen LogP contribution in [0.5, 0.6) is 23.0 Å². The number of nitrogens with one attached hydrogen (secondary N) is 1. The molecule has 2 heterocycles. The molecule has 180 valence electrons. The van der Waals surface area contributed by atoms with Crippen molar-refractivity contribution in [3.8, 4) is 23.0 Å². The lowest BCUT2D eigenvalue weighted by Gasteiger charge is -2.19. The fraction of sp³-hybridized carbons (Fsp3) is 0.360. The van der Waals surface area contributed by atoms with Crippen molar-refractivity contribution in [2.45, 2.75) is 38.6 Å². The van der Waals surface area contributed by atoms with Crippen molar-refractivity contribution >= 4 is 30.6 Å². The maximum Gasteiger partial charge on any atom is 0.289 e. The highest BCUT2D eigenvalue weighted by atomic mass is 28.3. The van der Waals surface area contributed by atoms with Gasteiger partial charge in [0.15, 0.2) is 0 Å². The number of anilines is 1. The van der Waals surface area contributed by atoms with Gasteiger partial charge in [-0.15, -0.1) is 0 Å². The fourth-order valence-electron chi connectivity index (χ4n) is 4.32. The Morgan fingerprint density at radius 2 is 1.71 bits per heavy atom. The molecule has 0 saturated carbocycles. The zero-order valence-electron chi connectivity index (χ0n) is 20.2. The van der Waals surface area contributed by atoms with Crippen LogP contribution in [-0.4, -0.2) is 47.2 Å². The Hall–Kier alpha value is -3.46. The van der Waals surface area contributed by atoms with Crippen LogP contribution < -0.4 is 29.5 Å². The minimum Gasteiger partial charge on any atom is -0.496 e. The van der Waals surface area contributed by atoms with Gasteiger partial charge in [0.25, 0.3) is 11.9 Å². The first kappa shape index (κ1) is 23.7. The number of rotatable bonds is 7. The first-order valence-electron chi connectivity index (χ1n) is 11.0. The number of carbonyl (C=O) groups excluding carboxylic acids is 2. The van der Waals surface area contributed by atoms with Crippen LogP contribution in [0.25, 0.3) is 0 Å². The van der Waals surface area contributed by atoms with Crippen LogP contribution >= 0.6 is 0 Å². The van der Waals surface area contributed by atoms with Crippen LogP contribution in [0.15, 0.2) is 36.3 Å². The number of hydrogen-bond donors (Lipinski definition) is 1. The number of fused-ring (bicyclic) bond motifs is 1. The summed E-state index contributed by atoms with van der Waals surface area (Å²) in [7, 11) is 3.03. The molecule has 2 aliphatic heterocycles. The van der Waals surface area contributed by atoms with Crippen molar-refractivity contribution in [2.24, 2.45) is 0 Å². The minimum atomic E-state index is -1.39. The summed E-state index contributed by atoms with van der Waals surface area (Å²) in [6, 6.07) is 8.63. The molecule has 1 N–H and O–H groups in total. The van der Waals surface area contributed by atoms with Gasteiger partial charge >= 0.3 is 0 Å². The first-order chi connectivity index (χ1) is 16.2. The van der Waals surface area contributed by atoms with Crippen LogP contribution in [0, 0.1) is 6.92 Å². The topological polar surface area (TPSA) is 92.3 Å². The second kappa shape index (κ2) is 9.06. The molecule has 4 rings (SSSR count). The van der Waals surface area contributed by atoms with Gasteiger partial charge in [0.05, 0.1) is 35.5 Å². The normalized spacial score (nSPS) is 18.0. The second-order valence-electron chi connectivity index (χ2n) is 9.02. The van der Waals surface area contributed by atoms with Crippen LogP contribution in [0.3, 0.4) is 0 Å². The summed E-state index contributed by atoms with van der Waals surface area (Å²) in [6.07, 6.45) is 0.853. The van der Waals surface area contributed by atoms with Gasteiger partial charge in [-0.25, -0.2) is 0 Å². The summed E-state index contributed by atoms with van der Waals surface area (Å²) in [6.45, 7) is 6.72. The van der Waals surface area contributed by atoms with Gasteiger partial charge in [-0.05, 0) is 36.6 Å². The number of ether oxygens (including phenoxy) is 5. The van der Waals surface area contributed by atoms with E-state index in [2.05, 4.69) is 24.5 Å². The van der Waals surface area contributed by atoms with Gasteiger partial charge in [-0.3, -0.25) is 9.59 Å². The molecule has 2 aliphatic rings. The number of benzene rings is 2. The van der Waals surface area contributed by atoms with E-state index in [1.165, 1.54) is 44.2 Å². The summed E-state index contributed by atoms with van der Waals surface area (Å²) in [5.74, 6) is 0.583. The van der Waals surface area contributed by atoms with E-state index in [1.54, 1.807) is 12.1 Å². The van der Waals surface area contributed by atoms with Gasteiger partial charge < -0.3 is 29.0 Å². The highest BCUT2D eigenvalue weighted by Gasteiger charge is 2.37. The summed E-state index contributed by atoms with van der Waals surface area (Å²) in [5.41, 5.74) is 2.52. The highest BCUT2D eigenvalue weighted by Crippen LogP contribution is 2.39. The first-order valence-corrected chi connectivity index (χ1v) is 14.2. The number of amides is 1. The van der Waals surface area contributed by atoms with Crippen LogP contribution in [0.1, 0.15) is 11.1 Å². The quantitative estimate of drug-likeness (QED) is 0.477. The molecule has 0 saturated heterocycles. The molecule has 1 unspecified atom stereocenters. The Balaban J connectivity index is 1.49. The van der Waals surface area contributed by atoms with E-state index in [1.807, 2.05) is 13.0 Å². The number of aryl methyl sites for hydroxylation is 2. The van der Waals surface area contributed by atoms with Crippen molar-refractivity contribution in [3.63, 3.8) is 0 Å². The molecule has 8 nitrogen and oxygen atoms in total. The standard InChI is InChI=1S/C25H29NO7Si/c1-14-9-21-15(7-8-34(21,5)6)10-18(14)32-22-13-17(27)24(33-22)25(28)26-23-19(30-3)11-16(29-2)12-20(23)31-4/h9-13,24H,7-8H2,1-6H3,(H,26,28). The van der Waals surface area contributed by atoms with E-state index in [0.717, 1.165) is 12.0 Å². The second-order valence-corrected chi connectivity index (χ2v) is 13.8. The zero-order chi connectivity index (χ0) is 24.6. The molecular weight excluding hydrogens is 454 g/mol. The van der Waals surface area contributed by atoms with Crippen molar-refractivity contribution in [1.29, 1.82) is 0 Å². The molecule has 0 spiro atoms. The third kappa shape index (κ3) is 4.35. The lowest BCUT2D eigenvalue weighted by molar-refractivity contribution is -0.134. The molecule has 2 aromatic rings. The Bertz CT molecular complexity index is 1160. The van der Waals surface area contributed by atoms with Gasteiger partial charge in [-0.1, -0.05) is 24.3 Å². The summed E-state index contributed by atoms with van der Waals surface area (Å²) in [5, 5.41) is 4.12. The zero-order valence-corrected chi connectivity index (χ0v) is 21.2. The lowest BCUT2D eigenvalue weighted by atomic mass is 10.1. The highest BCUT2D eigenvalue weighted by molar-refractivity contribution is 6.91. The monoisotopic (exact) mass is 483 g/mol. The van der Waals surface area contributed by atoms with E-state index < -0.39 is 25.9 Å². The number of carbonyl (C=O) groups is 2. The molecular formula is C25H29NO7Si. The molecule has 1 atom stereocenters. The van der Waals surface area contributed by atoms with Gasteiger partial charge in [0.2, 0.25) is 11.9 Å². The summed E-state index contributed by atoms with van der Waals surface area (Å²) in [4.78, 5) is 25.5. The molecule has 9 heteroatoms. The van der Waals surface area contributed by atoms with Gasteiger partial charge in [0, 0.05) is 12.1 Å². The lowest BCUT2D eigenvalue weighted by Crippen LogP contribution is -2.37. The van der Waals surface area contributed by atoms with E-state index >= 15 is 0 Å². The Kier molecular flexibility index (Phi) is 6.31. The molecule has 34 heavy (non-hydrogen) atoms. The van der Waals surface area contributed by atoms with E-state index in [4.69, 9.17) is 23.7 Å². The Labute approximate surface area is 199 Å². The van der Waals surface area contributed by atoms with E-state index in [0.29, 0.717) is 23.0 Å². The van der Waals surface area contributed by atoms with Crippen molar-refractivity contribution < 1.29 is 33.3 Å². The van der Waals surface area contributed by atoms with Crippen molar-refractivity contribution in [2.75, 3.05) is 26.6 Å². The molecule has 0 fully saturated rings. The van der Waals surface area contributed by atoms with E-state index in [9.17, 15) is 9.59 Å². The maximum atomic E-state index is 12.9. The molecule has 0 bridgehead atoms. The smallest absolute Gasteiger partial charge is 0.289 e. The molecule has 0 aliphatic carbocycles. The fourth-order valence-corrected chi connectivity index (χ4v) is 7.16. The SMILES string of the molecule is COc1cc(OC)c(NC(=O)C2OC(Oc3cc4c(cc3C)[Si](C)(C)CC4)=CC2=O)c(OC)c1. The van der Waals surface area contributed by atoms with Crippen LogP contribution in [0.4, 0.5) is 5.69 Å². The largest absolute Gasteiger partial charge is 0.496 e. The predicted molar refractivity (Wildman–Crippen MR) is 130 cm³/mol. The number of ketones is 1. The third-order valence-corrected chi connectivity index (χ3v) is 9.74. The Morgan fingerprint density at radius 1 is 1.03 bits per heavy atom. The summed E-state index contributed by atoms with van der Waals surface area (Å²) >= 11 is 0. The maximum absolute atomic E-state index is 12.9. The average Bonchev–Trinajstić information content (AvgIpc) is 3.32. The average molecular weight is 484 g/mol. The van der Waals surface area contributed by atoms with Gasteiger partial charge in [0.1, 0.15) is 28.7 Å². The van der Waals surface area contributed by atoms with E-state index in [-0.39, 0.29) is 11.6 Å². The van der Waals surface area contributed by atoms with Crippen molar-refractivity contribution in [1.82, 2.24) is 0 Å².